The normalized spacial score (nSPS) is 10.4. The van der Waals surface area contributed by atoms with Crippen molar-refractivity contribution in [1.29, 1.82) is 0 Å². The van der Waals surface area contributed by atoms with E-state index in [9.17, 15) is 0 Å². The molecule has 0 radical (unpaired) electrons. The van der Waals surface area contributed by atoms with Crippen molar-refractivity contribution in [2.45, 2.75) is 27.1 Å². The summed E-state index contributed by atoms with van der Waals surface area (Å²) in [6, 6.07) is 24.5. The summed E-state index contributed by atoms with van der Waals surface area (Å²) in [5.41, 5.74) is 4.85. The lowest BCUT2D eigenvalue weighted by atomic mass is 10.2. The molecule has 0 saturated heterocycles. The van der Waals surface area contributed by atoms with Gasteiger partial charge in [-0.15, -0.1) is 0 Å². The van der Waals surface area contributed by atoms with Gasteiger partial charge in [-0.25, -0.2) is 0 Å². The molecule has 0 fully saturated rings. The van der Waals surface area contributed by atoms with E-state index < -0.39 is 0 Å². The van der Waals surface area contributed by atoms with Crippen molar-refractivity contribution >= 4 is 0 Å². The monoisotopic (exact) mass is 318 g/mol. The van der Waals surface area contributed by atoms with Gasteiger partial charge in [-0.2, -0.15) is 0 Å². The lowest BCUT2D eigenvalue weighted by Gasteiger charge is -2.09. The minimum Gasteiger partial charge on any atom is -0.489 e. The minimum atomic E-state index is 0.573. The zero-order chi connectivity index (χ0) is 16.8. The van der Waals surface area contributed by atoms with Gasteiger partial charge in [0.25, 0.3) is 0 Å². The standard InChI is InChI=1S/C22H22O2/c1-17-3-7-19(8-4-17)15-23-21-11-13-22(14-12-21)24-16-20-9-5-18(2)6-10-20/h3-14H,15-16H2,1-2H3. The Morgan fingerprint density at radius 3 is 1.17 bits per heavy atom. The SMILES string of the molecule is Cc1ccc(COc2ccc(OCc3ccc(C)cc3)cc2)cc1. The number of benzene rings is 3. The summed E-state index contributed by atoms with van der Waals surface area (Å²) in [4.78, 5) is 0. The van der Waals surface area contributed by atoms with Crippen LogP contribution in [0.2, 0.25) is 0 Å². The summed E-state index contributed by atoms with van der Waals surface area (Å²) in [6.45, 7) is 5.31. The summed E-state index contributed by atoms with van der Waals surface area (Å²) >= 11 is 0. The lowest BCUT2D eigenvalue weighted by Crippen LogP contribution is -1.97. The van der Waals surface area contributed by atoms with Gasteiger partial charge in [0.1, 0.15) is 24.7 Å². The Balaban J connectivity index is 1.51. The van der Waals surface area contributed by atoms with Gasteiger partial charge in [-0.05, 0) is 49.2 Å². The summed E-state index contributed by atoms with van der Waals surface area (Å²) in [7, 11) is 0. The first-order chi connectivity index (χ1) is 11.7. The smallest absolute Gasteiger partial charge is 0.120 e. The molecule has 0 atom stereocenters. The van der Waals surface area contributed by atoms with Crippen LogP contribution in [0.15, 0.2) is 72.8 Å². The van der Waals surface area contributed by atoms with Crippen LogP contribution >= 0.6 is 0 Å². The Morgan fingerprint density at radius 1 is 0.500 bits per heavy atom. The van der Waals surface area contributed by atoms with Gasteiger partial charge in [0, 0.05) is 0 Å². The molecule has 0 saturated carbocycles. The van der Waals surface area contributed by atoms with E-state index in [1.807, 2.05) is 24.3 Å². The van der Waals surface area contributed by atoms with E-state index in [2.05, 4.69) is 62.4 Å². The Labute approximate surface area is 143 Å². The Morgan fingerprint density at radius 2 is 0.833 bits per heavy atom. The summed E-state index contributed by atoms with van der Waals surface area (Å²) in [5.74, 6) is 1.69. The highest BCUT2D eigenvalue weighted by molar-refractivity contribution is 5.32. The van der Waals surface area contributed by atoms with Crippen LogP contribution in [0.25, 0.3) is 0 Å². The molecule has 2 heteroatoms. The molecule has 0 amide bonds. The van der Waals surface area contributed by atoms with Crippen molar-refractivity contribution in [3.8, 4) is 11.5 Å². The van der Waals surface area contributed by atoms with Crippen LogP contribution in [0.4, 0.5) is 0 Å². The van der Waals surface area contributed by atoms with Gasteiger partial charge in [0.15, 0.2) is 0 Å². The van der Waals surface area contributed by atoms with Crippen LogP contribution in [0.3, 0.4) is 0 Å². The Kier molecular flexibility index (Phi) is 5.17. The average molecular weight is 318 g/mol. The highest BCUT2D eigenvalue weighted by atomic mass is 16.5. The fraction of sp³-hybridized carbons (Fsp3) is 0.182. The predicted octanol–water partition coefficient (Wildman–Crippen LogP) is 5.46. The minimum absolute atomic E-state index is 0.573. The number of ether oxygens (including phenoxy) is 2. The molecule has 0 bridgehead atoms. The van der Waals surface area contributed by atoms with E-state index in [0.717, 1.165) is 11.5 Å². The molecule has 0 spiro atoms. The van der Waals surface area contributed by atoms with Crippen LogP contribution in [-0.2, 0) is 13.2 Å². The molecular formula is C22H22O2. The fourth-order valence-electron chi connectivity index (χ4n) is 2.33. The molecule has 0 heterocycles. The number of aryl methyl sites for hydroxylation is 2. The molecule has 2 nitrogen and oxygen atoms in total. The second kappa shape index (κ2) is 7.69. The predicted molar refractivity (Wildman–Crippen MR) is 97.5 cm³/mol. The van der Waals surface area contributed by atoms with Gasteiger partial charge in [-0.3, -0.25) is 0 Å². The lowest BCUT2D eigenvalue weighted by molar-refractivity contribution is 0.297. The number of rotatable bonds is 6. The third kappa shape index (κ3) is 4.63. The van der Waals surface area contributed by atoms with Crippen molar-refractivity contribution < 1.29 is 9.47 Å². The third-order valence-corrected chi connectivity index (χ3v) is 3.88. The molecule has 122 valence electrons. The van der Waals surface area contributed by atoms with Gasteiger partial charge >= 0.3 is 0 Å². The molecule has 0 unspecified atom stereocenters. The second-order valence-corrected chi connectivity index (χ2v) is 6.02. The molecule has 0 aliphatic rings. The molecule has 0 aliphatic carbocycles. The van der Waals surface area contributed by atoms with Crippen molar-refractivity contribution in [3.63, 3.8) is 0 Å². The van der Waals surface area contributed by atoms with Crippen molar-refractivity contribution in [3.05, 3.63) is 95.1 Å². The Bertz CT molecular complexity index is 688. The van der Waals surface area contributed by atoms with Gasteiger partial charge in [0.05, 0.1) is 0 Å². The molecule has 3 aromatic rings. The summed E-state index contributed by atoms with van der Waals surface area (Å²) in [5, 5.41) is 0. The molecule has 24 heavy (non-hydrogen) atoms. The molecule has 0 aromatic heterocycles. The van der Waals surface area contributed by atoms with Crippen LogP contribution in [0, 0.1) is 13.8 Å². The zero-order valence-electron chi connectivity index (χ0n) is 14.2. The highest BCUT2D eigenvalue weighted by Crippen LogP contribution is 2.20. The summed E-state index contributed by atoms with van der Waals surface area (Å²) in [6.07, 6.45) is 0. The second-order valence-electron chi connectivity index (χ2n) is 6.02. The van der Waals surface area contributed by atoms with E-state index in [1.165, 1.54) is 22.3 Å². The molecule has 3 rings (SSSR count). The van der Waals surface area contributed by atoms with Gasteiger partial charge < -0.3 is 9.47 Å². The van der Waals surface area contributed by atoms with Crippen LogP contribution in [0.5, 0.6) is 11.5 Å². The molecule has 3 aromatic carbocycles. The Hall–Kier alpha value is -2.74. The van der Waals surface area contributed by atoms with Crippen LogP contribution in [0.1, 0.15) is 22.3 Å². The number of hydrogen-bond acceptors (Lipinski definition) is 2. The fourth-order valence-corrected chi connectivity index (χ4v) is 2.33. The van der Waals surface area contributed by atoms with Crippen LogP contribution in [-0.4, -0.2) is 0 Å². The first-order valence-electron chi connectivity index (χ1n) is 8.16. The summed E-state index contributed by atoms with van der Waals surface area (Å²) < 4.78 is 11.6. The van der Waals surface area contributed by atoms with Gasteiger partial charge in [0.2, 0.25) is 0 Å². The van der Waals surface area contributed by atoms with E-state index in [1.54, 1.807) is 0 Å². The quantitative estimate of drug-likeness (QED) is 0.600. The molecular weight excluding hydrogens is 296 g/mol. The average Bonchev–Trinajstić information content (AvgIpc) is 2.62. The van der Waals surface area contributed by atoms with Crippen LogP contribution < -0.4 is 9.47 Å². The largest absolute Gasteiger partial charge is 0.489 e. The first-order valence-corrected chi connectivity index (χ1v) is 8.16. The van der Waals surface area contributed by atoms with Crippen molar-refractivity contribution in [2.24, 2.45) is 0 Å². The topological polar surface area (TPSA) is 18.5 Å². The first kappa shape index (κ1) is 16.1. The van der Waals surface area contributed by atoms with Gasteiger partial charge in [-0.1, -0.05) is 59.7 Å². The van der Waals surface area contributed by atoms with E-state index >= 15 is 0 Å². The maximum atomic E-state index is 5.81. The van der Waals surface area contributed by atoms with Crippen molar-refractivity contribution in [2.75, 3.05) is 0 Å². The van der Waals surface area contributed by atoms with Crippen molar-refractivity contribution in [1.82, 2.24) is 0 Å². The highest BCUT2D eigenvalue weighted by Gasteiger charge is 1.99. The maximum absolute atomic E-state index is 5.81. The van der Waals surface area contributed by atoms with E-state index in [-0.39, 0.29) is 0 Å². The van der Waals surface area contributed by atoms with E-state index in [4.69, 9.17) is 9.47 Å². The molecule has 0 aliphatic heterocycles. The third-order valence-electron chi connectivity index (χ3n) is 3.88. The molecule has 0 N–H and O–H groups in total. The maximum Gasteiger partial charge on any atom is 0.120 e. The zero-order valence-corrected chi connectivity index (χ0v) is 14.2. The van der Waals surface area contributed by atoms with E-state index in [0.29, 0.717) is 13.2 Å². The number of hydrogen-bond donors (Lipinski definition) is 0.